The third kappa shape index (κ3) is 5.41. The average Bonchev–Trinajstić information content (AvgIpc) is 2.37. The van der Waals surface area contributed by atoms with E-state index in [1.165, 1.54) is 0 Å². The van der Waals surface area contributed by atoms with Crippen LogP contribution in [0.5, 0.6) is 0 Å². The first kappa shape index (κ1) is 18.1. The molecule has 1 saturated heterocycles. The molecule has 1 amide bonds. The Morgan fingerprint density at radius 1 is 1.29 bits per heavy atom. The van der Waals surface area contributed by atoms with Crippen molar-refractivity contribution in [3.8, 4) is 0 Å². The molecule has 1 fully saturated rings. The third-order valence-electron chi connectivity index (χ3n) is 3.83. The molecule has 1 aliphatic heterocycles. The molecule has 0 atom stereocenters. The molecular weight excluding hydrogens is 290 g/mol. The lowest BCUT2D eigenvalue weighted by Crippen LogP contribution is -2.48. The maximum Gasteiger partial charge on any atom is 0.410 e. The predicted octanol–water partition coefficient (Wildman–Crippen LogP) is 3.23. The number of aliphatic carboxylic acids is 1. The van der Waals surface area contributed by atoms with Crippen molar-refractivity contribution in [1.82, 2.24) is 4.90 Å². The van der Waals surface area contributed by atoms with E-state index in [-0.39, 0.29) is 6.09 Å². The smallest absolute Gasteiger partial charge is 0.410 e. The molecule has 0 bridgehead atoms. The van der Waals surface area contributed by atoms with Gasteiger partial charge in [-0.05, 0) is 58.5 Å². The molecule has 1 aliphatic rings. The molecule has 1 heterocycles. The van der Waals surface area contributed by atoms with Gasteiger partial charge in [0.15, 0.2) is 0 Å². The van der Waals surface area contributed by atoms with Crippen molar-refractivity contribution in [2.75, 3.05) is 25.1 Å². The summed E-state index contributed by atoms with van der Waals surface area (Å²) >= 11 is 1.73. The number of ether oxygens (including phenoxy) is 1. The van der Waals surface area contributed by atoms with Gasteiger partial charge in [0.25, 0.3) is 0 Å². The number of carboxylic acid groups (broad SMARTS) is 1. The summed E-state index contributed by atoms with van der Waals surface area (Å²) in [6.45, 7) is 6.41. The zero-order valence-electron chi connectivity index (χ0n) is 13.5. The second-order valence-electron chi connectivity index (χ2n) is 6.65. The highest BCUT2D eigenvalue weighted by atomic mass is 32.2. The molecule has 21 heavy (non-hydrogen) atoms. The van der Waals surface area contributed by atoms with Gasteiger partial charge in [-0.2, -0.15) is 11.8 Å². The van der Waals surface area contributed by atoms with Gasteiger partial charge >= 0.3 is 12.1 Å². The second-order valence-corrected chi connectivity index (χ2v) is 7.63. The maximum absolute atomic E-state index is 12.0. The Morgan fingerprint density at radius 3 is 2.29 bits per heavy atom. The van der Waals surface area contributed by atoms with E-state index in [1.54, 1.807) is 16.7 Å². The molecule has 0 aromatic carbocycles. The fraction of sp³-hybridized carbons (Fsp3) is 0.867. The molecule has 1 N–H and O–H groups in total. The van der Waals surface area contributed by atoms with Crippen LogP contribution in [0.2, 0.25) is 0 Å². The van der Waals surface area contributed by atoms with Crippen LogP contribution in [0.15, 0.2) is 0 Å². The molecule has 0 aliphatic carbocycles. The maximum atomic E-state index is 12.0. The van der Waals surface area contributed by atoms with Crippen molar-refractivity contribution in [2.45, 2.75) is 52.1 Å². The standard InChI is InChI=1S/C15H27NO4S/c1-14(2,3)20-13(19)16-9-7-15(8-10-16,12(17)18)6-5-11-21-4/h5-11H2,1-4H3,(H,17,18). The van der Waals surface area contributed by atoms with Crippen molar-refractivity contribution < 1.29 is 19.4 Å². The van der Waals surface area contributed by atoms with Gasteiger partial charge in [0.1, 0.15) is 5.60 Å². The van der Waals surface area contributed by atoms with Crippen LogP contribution in [0.3, 0.4) is 0 Å². The summed E-state index contributed by atoms with van der Waals surface area (Å²) < 4.78 is 5.34. The number of piperidine rings is 1. The van der Waals surface area contributed by atoms with Gasteiger partial charge in [-0.3, -0.25) is 4.79 Å². The van der Waals surface area contributed by atoms with Gasteiger partial charge in [-0.15, -0.1) is 0 Å². The van der Waals surface area contributed by atoms with Crippen LogP contribution >= 0.6 is 11.8 Å². The quantitative estimate of drug-likeness (QED) is 0.789. The summed E-state index contributed by atoms with van der Waals surface area (Å²) in [4.78, 5) is 25.3. The zero-order valence-corrected chi connectivity index (χ0v) is 14.3. The Labute approximate surface area is 131 Å². The molecule has 0 unspecified atom stereocenters. The molecule has 0 radical (unpaired) electrons. The van der Waals surface area contributed by atoms with E-state index in [0.717, 1.165) is 12.2 Å². The molecule has 122 valence electrons. The number of hydrogen-bond donors (Lipinski definition) is 1. The number of amides is 1. The molecular formula is C15H27NO4S. The summed E-state index contributed by atoms with van der Waals surface area (Å²) in [7, 11) is 0. The molecule has 0 aromatic heterocycles. The van der Waals surface area contributed by atoms with Crippen molar-refractivity contribution in [3.63, 3.8) is 0 Å². The van der Waals surface area contributed by atoms with Crippen LogP contribution in [0.25, 0.3) is 0 Å². The van der Waals surface area contributed by atoms with Crippen LogP contribution in [0.1, 0.15) is 46.5 Å². The Balaban J connectivity index is 2.58. The Kier molecular flexibility index (Phi) is 6.38. The van der Waals surface area contributed by atoms with E-state index in [0.29, 0.717) is 32.4 Å². The zero-order chi connectivity index (χ0) is 16.1. The molecule has 0 aromatic rings. The van der Waals surface area contributed by atoms with Gasteiger partial charge in [0.05, 0.1) is 5.41 Å². The number of hydrogen-bond acceptors (Lipinski definition) is 4. The number of likely N-dealkylation sites (tertiary alicyclic amines) is 1. The summed E-state index contributed by atoms with van der Waals surface area (Å²) in [5.41, 5.74) is -1.19. The van der Waals surface area contributed by atoms with Crippen molar-refractivity contribution in [1.29, 1.82) is 0 Å². The largest absolute Gasteiger partial charge is 0.481 e. The first-order valence-electron chi connectivity index (χ1n) is 7.40. The Bertz CT molecular complexity index is 370. The minimum atomic E-state index is -0.729. The predicted molar refractivity (Wildman–Crippen MR) is 84.7 cm³/mol. The highest BCUT2D eigenvalue weighted by Gasteiger charge is 2.42. The van der Waals surface area contributed by atoms with Gasteiger partial charge in [-0.25, -0.2) is 4.79 Å². The van der Waals surface area contributed by atoms with Gasteiger partial charge in [0, 0.05) is 13.1 Å². The summed E-state index contributed by atoms with van der Waals surface area (Å²) in [6, 6.07) is 0. The van der Waals surface area contributed by atoms with E-state index in [1.807, 2.05) is 27.0 Å². The van der Waals surface area contributed by atoms with Gasteiger partial charge < -0.3 is 14.7 Å². The number of thioether (sulfide) groups is 1. The molecule has 0 saturated carbocycles. The number of nitrogens with zero attached hydrogens (tertiary/aromatic N) is 1. The van der Waals surface area contributed by atoms with Crippen LogP contribution < -0.4 is 0 Å². The van der Waals surface area contributed by atoms with Crippen LogP contribution in [0.4, 0.5) is 4.79 Å². The number of carbonyl (C=O) groups is 2. The number of carboxylic acids is 1. The van der Waals surface area contributed by atoms with E-state index >= 15 is 0 Å². The molecule has 5 nitrogen and oxygen atoms in total. The highest BCUT2D eigenvalue weighted by molar-refractivity contribution is 7.98. The van der Waals surface area contributed by atoms with Crippen LogP contribution in [0, 0.1) is 5.41 Å². The van der Waals surface area contributed by atoms with Crippen molar-refractivity contribution in [3.05, 3.63) is 0 Å². The Morgan fingerprint density at radius 2 is 1.86 bits per heavy atom. The average molecular weight is 317 g/mol. The first-order valence-corrected chi connectivity index (χ1v) is 8.80. The normalized spacial score (nSPS) is 18.4. The van der Waals surface area contributed by atoms with Crippen molar-refractivity contribution >= 4 is 23.8 Å². The minimum absolute atomic E-state index is 0.342. The molecule has 1 rings (SSSR count). The fourth-order valence-corrected chi connectivity index (χ4v) is 3.00. The van der Waals surface area contributed by atoms with Crippen LogP contribution in [-0.2, 0) is 9.53 Å². The van der Waals surface area contributed by atoms with Gasteiger partial charge in [0.2, 0.25) is 0 Å². The summed E-state index contributed by atoms with van der Waals surface area (Å²) in [6.07, 6.45) is 4.29. The molecule has 0 spiro atoms. The topological polar surface area (TPSA) is 66.8 Å². The molecule has 6 heteroatoms. The second kappa shape index (κ2) is 7.38. The van der Waals surface area contributed by atoms with E-state index in [4.69, 9.17) is 4.74 Å². The highest BCUT2D eigenvalue weighted by Crippen LogP contribution is 2.37. The van der Waals surface area contributed by atoms with E-state index in [2.05, 4.69) is 0 Å². The minimum Gasteiger partial charge on any atom is -0.481 e. The van der Waals surface area contributed by atoms with Gasteiger partial charge in [-0.1, -0.05) is 0 Å². The number of rotatable bonds is 5. The number of carbonyl (C=O) groups excluding carboxylic acids is 1. The van der Waals surface area contributed by atoms with E-state index < -0.39 is 17.0 Å². The van der Waals surface area contributed by atoms with Crippen molar-refractivity contribution in [2.24, 2.45) is 5.41 Å². The SMILES string of the molecule is CSCCCC1(C(=O)O)CCN(C(=O)OC(C)(C)C)CC1. The summed E-state index contributed by atoms with van der Waals surface area (Å²) in [5.74, 6) is 0.248. The Hall–Kier alpha value is -0.910. The lowest BCUT2D eigenvalue weighted by Gasteiger charge is -2.39. The first-order chi connectivity index (χ1) is 9.70. The third-order valence-corrected chi connectivity index (χ3v) is 4.53. The van der Waals surface area contributed by atoms with E-state index in [9.17, 15) is 14.7 Å². The fourth-order valence-electron chi connectivity index (χ4n) is 2.57. The van der Waals surface area contributed by atoms with Crippen LogP contribution in [-0.4, -0.2) is 52.8 Å². The monoisotopic (exact) mass is 317 g/mol. The lowest BCUT2D eigenvalue weighted by atomic mass is 9.75. The summed E-state index contributed by atoms with van der Waals surface area (Å²) in [5, 5.41) is 9.56. The lowest BCUT2D eigenvalue weighted by molar-refractivity contribution is -0.152.